The lowest BCUT2D eigenvalue weighted by atomic mass is 9.89. The van der Waals surface area contributed by atoms with Crippen LogP contribution in [0.1, 0.15) is 39.9 Å². The maximum Gasteiger partial charge on any atom is 0.407 e. The Labute approximate surface area is 173 Å². The summed E-state index contributed by atoms with van der Waals surface area (Å²) in [5.74, 6) is 0.00874. The monoisotopic (exact) mass is 416 g/mol. The Morgan fingerprint density at radius 3 is 2.48 bits per heavy atom. The van der Waals surface area contributed by atoms with Crippen molar-refractivity contribution < 1.29 is 19.1 Å². The van der Waals surface area contributed by atoms with E-state index >= 15 is 0 Å². The molecule has 7 heteroatoms. The van der Waals surface area contributed by atoms with Gasteiger partial charge in [0.15, 0.2) is 0 Å². The van der Waals surface area contributed by atoms with Gasteiger partial charge in [0.05, 0.1) is 10.6 Å². The third kappa shape index (κ3) is 4.22. The third-order valence-corrected chi connectivity index (χ3v) is 6.09. The summed E-state index contributed by atoms with van der Waals surface area (Å²) in [6.45, 7) is 2.01. The van der Waals surface area contributed by atoms with E-state index in [1.807, 2.05) is 12.1 Å². The topological polar surface area (TPSA) is 60.9 Å². The molecule has 0 atom stereocenters. The van der Waals surface area contributed by atoms with Crippen LogP contribution in [0.4, 0.5) is 9.18 Å². The average Bonchev–Trinajstić information content (AvgIpc) is 3.00. The highest BCUT2D eigenvalue weighted by Gasteiger charge is 2.31. The van der Waals surface area contributed by atoms with Crippen LogP contribution < -0.4 is 0 Å². The first kappa shape index (κ1) is 19.7. The highest BCUT2D eigenvalue weighted by molar-refractivity contribution is 6.34. The zero-order valence-electron chi connectivity index (χ0n) is 15.9. The van der Waals surface area contributed by atoms with Crippen molar-refractivity contribution in [2.45, 2.75) is 32.4 Å². The second-order valence-corrected chi connectivity index (χ2v) is 8.22. The molecular formula is C22H22ClFN2O3. The molecule has 0 saturated carbocycles. The van der Waals surface area contributed by atoms with Crippen LogP contribution in [0.3, 0.4) is 0 Å². The van der Waals surface area contributed by atoms with E-state index in [1.54, 1.807) is 17.0 Å². The highest BCUT2D eigenvalue weighted by Crippen LogP contribution is 2.33. The van der Waals surface area contributed by atoms with Crippen LogP contribution >= 0.6 is 11.6 Å². The average molecular weight is 417 g/mol. The number of rotatable bonds is 4. The van der Waals surface area contributed by atoms with Gasteiger partial charge in [0.2, 0.25) is 0 Å². The fourth-order valence-electron chi connectivity index (χ4n) is 4.24. The molecule has 2 aromatic rings. The molecule has 0 spiro atoms. The number of amides is 2. The van der Waals surface area contributed by atoms with Gasteiger partial charge in [-0.1, -0.05) is 29.8 Å². The van der Waals surface area contributed by atoms with Crippen molar-refractivity contribution in [2.75, 3.05) is 13.1 Å². The van der Waals surface area contributed by atoms with E-state index in [-0.39, 0.29) is 11.7 Å². The van der Waals surface area contributed by atoms with Crippen molar-refractivity contribution >= 4 is 23.6 Å². The summed E-state index contributed by atoms with van der Waals surface area (Å²) in [5, 5.41) is 9.54. The van der Waals surface area contributed by atoms with Crippen molar-refractivity contribution in [3.8, 4) is 0 Å². The first-order valence-corrected chi connectivity index (χ1v) is 10.1. The molecule has 2 heterocycles. The normalized spacial score (nSPS) is 17.0. The molecule has 2 aliphatic rings. The van der Waals surface area contributed by atoms with Gasteiger partial charge in [-0.05, 0) is 60.1 Å². The van der Waals surface area contributed by atoms with Gasteiger partial charge in [0.25, 0.3) is 5.91 Å². The minimum atomic E-state index is -0.858. The van der Waals surface area contributed by atoms with E-state index in [4.69, 9.17) is 16.7 Å². The maximum atomic E-state index is 13.1. The molecule has 0 bridgehead atoms. The molecule has 2 aromatic carbocycles. The quantitative estimate of drug-likeness (QED) is 0.794. The molecule has 1 fully saturated rings. The number of carbonyl (C=O) groups excluding carboxylic acids is 1. The first-order chi connectivity index (χ1) is 13.9. The lowest BCUT2D eigenvalue weighted by molar-refractivity contribution is 0.0766. The van der Waals surface area contributed by atoms with Crippen molar-refractivity contribution in [1.29, 1.82) is 0 Å². The SMILES string of the molecule is O=C(O)N1CCC(Cc2cc(Cl)c3c(c2)CN(Cc2ccc(F)cc2)C3=O)CC1. The molecule has 0 radical (unpaired) electrons. The van der Waals surface area contributed by atoms with E-state index < -0.39 is 6.09 Å². The summed E-state index contributed by atoms with van der Waals surface area (Å²) in [6.07, 6.45) is 1.63. The van der Waals surface area contributed by atoms with Crippen LogP contribution in [0.25, 0.3) is 0 Å². The number of hydrogen-bond acceptors (Lipinski definition) is 2. The van der Waals surface area contributed by atoms with Crippen LogP contribution in [-0.4, -0.2) is 40.0 Å². The number of nitrogens with zero attached hydrogens (tertiary/aromatic N) is 2. The molecule has 1 saturated heterocycles. The number of hydrogen-bond donors (Lipinski definition) is 1. The van der Waals surface area contributed by atoms with Crippen LogP contribution in [0.15, 0.2) is 36.4 Å². The molecule has 5 nitrogen and oxygen atoms in total. The van der Waals surface area contributed by atoms with E-state index in [2.05, 4.69) is 0 Å². The summed E-state index contributed by atoms with van der Waals surface area (Å²) in [5.41, 5.74) is 3.42. The van der Waals surface area contributed by atoms with Gasteiger partial charge in [0, 0.05) is 26.2 Å². The summed E-state index contributed by atoms with van der Waals surface area (Å²) >= 11 is 6.46. The van der Waals surface area contributed by atoms with Crippen molar-refractivity contribution in [3.05, 3.63) is 69.5 Å². The smallest absolute Gasteiger partial charge is 0.407 e. The molecule has 2 aliphatic heterocycles. The van der Waals surface area contributed by atoms with E-state index in [0.29, 0.717) is 42.7 Å². The standard InChI is InChI=1S/C22H22ClFN2O3/c23-19-11-16(9-14-5-7-25(8-6-14)22(28)29)10-17-13-26(21(27)20(17)19)12-15-1-3-18(24)4-2-15/h1-4,10-11,14H,5-9,12-13H2,(H,28,29). The zero-order chi connectivity index (χ0) is 20.5. The molecule has 152 valence electrons. The fraction of sp³-hybridized carbons (Fsp3) is 0.364. The number of piperidine rings is 1. The predicted octanol–water partition coefficient (Wildman–Crippen LogP) is 4.57. The minimum absolute atomic E-state index is 0.101. The van der Waals surface area contributed by atoms with E-state index in [9.17, 15) is 14.0 Å². The number of likely N-dealkylation sites (tertiary alicyclic amines) is 1. The molecular weight excluding hydrogens is 395 g/mol. The van der Waals surface area contributed by atoms with Crippen LogP contribution in [0, 0.1) is 11.7 Å². The van der Waals surface area contributed by atoms with Crippen LogP contribution in [0.2, 0.25) is 5.02 Å². The fourth-order valence-corrected chi connectivity index (χ4v) is 4.59. The number of fused-ring (bicyclic) bond motifs is 1. The van der Waals surface area contributed by atoms with Gasteiger partial charge in [0.1, 0.15) is 5.82 Å². The second-order valence-electron chi connectivity index (χ2n) is 7.82. The maximum absolute atomic E-state index is 13.1. The highest BCUT2D eigenvalue weighted by atomic mass is 35.5. The van der Waals surface area contributed by atoms with Crippen molar-refractivity contribution in [3.63, 3.8) is 0 Å². The van der Waals surface area contributed by atoms with Gasteiger partial charge >= 0.3 is 6.09 Å². The minimum Gasteiger partial charge on any atom is -0.465 e. The summed E-state index contributed by atoms with van der Waals surface area (Å²) in [4.78, 5) is 27.0. The van der Waals surface area contributed by atoms with Crippen LogP contribution in [0.5, 0.6) is 0 Å². The molecule has 1 N–H and O–H groups in total. The van der Waals surface area contributed by atoms with E-state index in [1.165, 1.54) is 17.0 Å². The predicted molar refractivity (Wildman–Crippen MR) is 107 cm³/mol. The molecule has 0 aromatic heterocycles. The number of carbonyl (C=O) groups is 2. The van der Waals surface area contributed by atoms with Crippen LogP contribution in [-0.2, 0) is 19.5 Å². The van der Waals surface area contributed by atoms with Gasteiger partial charge in [-0.25, -0.2) is 9.18 Å². The van der Waals surface area contributed by atoms with Gasteiger partial charge in [-0.15, -0.1) is 0 Å². The zero-order valence-corrected chi connectivity index (χ0v) is 16.7. The molecule has 29 heavy (non-hydrogen) atoms. The summed E-state index contributed by atoms with van der Waals surface area (Å²) in [6, 6.07) is 10.1. The van der Waals surface area contributed by atoms with E-state index in [0.717, 1.165) is 36.0 Å². The summed E-state index contributed by atoms with van der Waals surface area (Å²) in [7, 11) is 0. The second kappa shape index (κ2) is 8.03. The lowest BCUT2D eigenvalue weighted by Gasteiger charge is -2.30. The van der Waals surface area contributed by atoms with Gasteiger partial charge < -0.3 is 14.9 Å². The molecule has 4 rings (SSSR count). The molecule has 2 amide bonds. The molecule has 0 aliphatic carbocycles. The van der Waals surface area contributed by atoms with Gasteiger partial charge in [-0.3, -0.25) is 4.79 Å². The molecule has 0 unspecified atom stereocenters. The number of carboxylic acid groups (broad SMARTS) is 1. The van der Waals surface area contributed by atoms with Crippen molar-refractivity contribution in [2.24, 2.45) is 5.92 Å². The first-order valence-electron chi connectivity index (χ1n) is 9.73. The Morgan fingerprint density at radius 2 is 1.83 bits per heavy atom. The Morgan fingerprint density at radius 1 is 1.14 bits per heavy atom. The Hall–Kier alpha value is -2.60. The van der Waals surface area contributed by atoms with Crippen molar-refractivity contribution in [1.82, 2.24) is 9.80 Å². The summed E-state index contributed by atoms with van der Waals surface area (Å²) < 4.78 is 13.1. The Kier molecular flexibility index (Phi) is 5.46. The number of benzene rings is 2. The Bertz CT molecular complexity index is 940. The lowest BCUT2D eigenvalue weighted by Crippen LogP contribution is -2.37. The largest absolute Gasteiger partial charge is 0.465 e. The Balaban J connectivity index is 1.45. The third-order valence-electron chi connectivity index (χ3n) is 5.79. The number of halogens is 2. The van der Waals surface area contributed by atoms with Gasteiger partial charge in [-0.2, -0.15) is 0 Å².